The number of nitrogens with one attached hydrogen (secondary N) is 1. The molecule has 0 aliphatic heterocycles. The van der Waals surface area contributed by atoms with Gasteiger partial charge in [0.2, 0.25) is 0 Å². The quantitative estimate of drug-likeness (QED) is 0.707. The number of amides is 1. The van der Waals surface area contributed by atoms with E-state index >= 15 is 0 Å². The fourth-order valence-corrected chi connectivity index (χ4v) is 2.99. The van der Waals surface area contributed by atoms with E-state index in [0.29, 0.717) is 40.0 Å². The number of aromatic nitrogens is 2. The molecule has 1 N–H and O–H groups in total. The zero-order chi connectivity index (χ0) is 18.0. The third kappa shape index (κ3) is 3.57. The monoisotopic (exact) mass is 377 g/mol. The summed E-state index contributed by atoms with van der Waals surface area (Å²) < 4.78 is 6.98. The highest BCUT2D eigenvalue weighted by Crippen LogP contribution is 2.26. The molecule has 1 amide bonds. The van der Waals surface area contributed by atoms with Crippen LogP contribution in [0.25, 0.3) is 5.69 Å². The Hall–Kier alpha value is -2.24. The van der Waals surface area contributed by atoms with Crippen molar-refractivity contribution >= 4 is 29.1 Å². The second-order valence-corrected chi connectivity index (χ2v) is 6.35. The van der Waals surface area contributed by atoms with Gasteiger partial charge in [0, 0.05) is 0 Å². The van der Waals surface area contributed by atoms with Crippen LogP contribution in [0.15, 0.2) is 41.0 Å². The maximum absolute atomic E-state index is 12.7. The van der Waals surface area contributed by atoms with E-state index in [9.17, 15) is 4.79 Å². The molecule has 0 radical (unpaired) electrons. The van der Waals surface area contributed by atoms with Crippen molar-refractivity contribution in [2.24, 2.45) is 0 Å². The van der Waals surface area contributed by atoms with Crippen molar-refractivity contribution in [3.63, 3.8) is 0 Å². The van der Waals surface area contributed by atoms with E-state index in [1.807, 2.05) is 26.0 Å². The highest BCUT2D eigenvalue weighted by atomic mass is 35.5. The molecule has 3 aromatic rings. The molecule has 0 unspecified atom stereocenters. The van der Waals surface area contributed by atoms with Gasteiger partial charge in [0.15, 0.2) is 0 Å². The zero-order valence-corrected chi connectivity index (χ0v) is 15.4. The van der Waals surface area contributed by atoms with Crippen LogP contribution in [0.5, 0.6) is 0 Å². The van der Waals surface area contributed by atoms with Crippen LogP contribution in [0, 0.1) is 6.92 Å². The van der Waals surface area contributed by atoms with Crippen LogP contribution < -0.4 is 5.32 Å². The van der Waals surface area contributed by atoms with Crippen LogP contribution in [0.1, 0.15) is 34.4 Å². The predicted octanol–water partition coefficient (Wildman–Crippen LogP) is 4.57. The van der Waals surface area contributed by atoms with Crippen LogP contribution in [0.3, 0.4) is 0 Å². The molecule has 0 bridgehead atoms. The molecule has 0 saturated carbocycles. The Bertz CT molecular complexity index is 901. The van der Waals surface area contributed by atoms with Gasteiger partial charge < -0.3 is 9.73 Å². The molecule has 0 aliphatic carbocycles. The number of nitrogens with zero attached hydrogens (tertiary/aromatic N) is 2. The van der Waals surface area contributed by atoms with Crippen molar-refractivity contribution in [3.8, 4) is 5.69 Å². The summed E-state index contributed by atoms with van der Waals surface area (Å²) in [5.41, 5.74) is 2.80. The van der Waals surface area contributed by atoms with Crippen molar-refractivity contribution in [3.05, 3.63) is 69.4 Å². The maximum atomic E-state index is 12.7. The van der Waals surface area contributed by atoms with Crippen LogP contribution in [0.4, 0.5) is 0 Å². The van der Waals surface area contributed by atoms with Gasteiger partial charge in [-0.15, -0.1) is 0 Å². The SMILES string of the molecule is CCc1c(C(=O)NCc2ccco2)c(C)nn1-c1ccc(Cl)c(Cl)c1. The Labute approximate surface area is 155 Å². The van der Waals surface area contributed by atoms with Gasteiger partial charge in [0.05, 0.1) is 45.5 Å². The molecular formula is C18H17Cl2N3O2. The first-order valence-corrected chi connectivity index (χ1v) is 8.61. The number of carbonyl (C=O) groups is 1. The molecule has 3 rings (SSSR count). The number of hydrogen-bond donors (Lipinski definition) is 1. The number of aryl methyl sites for hydroxylation is 1. The first-order chi connectivity index (χ1) is 12.0. The molecule has 7 heteroatoms. The van der Waals surface area contributed by atoms with Gasteiger partial charge in [-0.05, 0) is 43.7 Å². The van der Waals surface area contributed by atoms with E-state index < -0.39 is 0 Å². The molecular weight excluding hydrogens is 361 g/mol. The summed E-state index contributed by atoms with van der Waals surface area (Å²) in [6.45, 7) is 4.12. The number of furan rings is 1. The predicted molar refractivity (Wildman–Crippen MR) is 97.6 cm³/mol. The lowest BCUT2D eigenvalue weighted by atomic mass is 10.1. The number of benzene rings is 1. The van der Waals surface area contributed by atoms with Crippen molar-refractivity contribution in [1.82, 2.24) is 15.1 Å². The molecule has 0 fully saturated rings. The van der Waals surface area contributed by atoms with Crippen molar-refractivity contribution < 1.29 is 9.21 Å². The van der Waals surface area contributed by atoms with E-state index in [0.717, 1.165) is 11.4 Å². The zero-order valence-electron chi connectivity index (χ0n) is 13.8. The fraction of sp³-hybridized carbons (Fsp3) is 0.222. The summed E-state index contributed by atoms with van der Waals surface area (Å²) in [7, 11) is 0. The first-order valence-electron chi connectivity index (χ1n) is 7.85. The Morgan fingerprint density at radius 2 is 2.08 bits per heavy atom. The number of hydrogen-bond acceptors (Lipinski definition) is 3. The Kier molecular flexibility index (Phi) is 5.16. The lowest BCUT2D eigenvalue weighted by Gasteiger charge is -2.09. The van der Waals surface area contributed by atoms with Gasteiger partial charge in [-0.25, -0.2) is 4.68 Å². The normalized spacial score (nSPS) is 10.9. The molecule has 0 saturated heterocycles. The van der Waals surface area contributed by atoms with E-state index in [1.165, 1.54) is 0 Å². The number of carbonyl (C=O) groups excluding carboxylic acids is 1. The lowest BCUT2D eigenvalue weighted by molar-refractivity contribution is 0.0946. The molecule has 0 spiro atoms. The highest BCUT2D eigenvalue weighted by molar-refractivity contribution is 6.42. The lowest BCUT2D eigenvalue weighted by Crippen LogP contribution is -2.24. The summed E-state index contributed by atoms with van der Waals surface area (Å²) in [4.78, 5) is 12.7. The largest absolute Gasteiger partial charge is 0.467 e. The highest BCUT2D eigenvalue weighted by Gasteiger charge is 2.21. The molecule has 25 heavy (non-hydrogen) atoms. The molecule has 2 aromatic heterocycles. The van der Waals surface area contributed by atoms with Crippen LogP contribution in [-0.4, -0.2) is 15.7 Å². The third-order valence-electron chi connectivity index (χ3n) is 3.87. The average molecular weight is 378 g/mol. The summed E-state index contributed by atoms with van der Waals surface area (Å²) in [5, 5.41) is 8.31. The minimum Gasteiger partial charge on any atom is -0.467 e. The Morgan fingerprint density at radius 3 is 2.72 bits per heavy atom. The van der Waals surface area contributed by atoms with E-state index in [-0.39, 0.29) is 5.91 Å². The number of rotatable bonds is 5. The molecule has 130 valence electrons. The Morgan fingerprint density at radius 1 is 1.28 bits per heavy atom. The minimum atomic E-state index is -0.183. The van der Waals surface area contributed by atoms with Gasteiger partial charge in [0.25, 0.3) is 5.91 Å². The third-order valence-corrected chi connectivity index (χ3v) is 4.61. The van der Waals surface area contributed by atoms with E-state index in [1.54, 1.807) is 29.1 Å². The van der Waals surface area contributed by atoms with Crippen LogP contribution in [0.2, 0.25) is 10.0 Å². The van der Waals surface area contributed by atoms with E-state index in [2.05, 4.69) is 10.4 Å². The first kappa shape index (κ1) is 17.6. The van der Waals surface area contributed by atoms with Gasteiger partial charge in [-0.2, -0.15) is 5.10 Å². The molecule has 5 nitrogen and oxygen atoms in total. The van der Waals surface area contributed by atoms with Crippen molar-refractivity contribution in [1.29, 1.82) is 0 Å². The summed E-state index contributed by atoms with van der Waals surface area (Å²) in [6, 6.07) is 8.87. The smallest absolute Gasteiger partial charge is 0.255 e. The summed E-state index contributed by atoms with van der Waals surface area (Å²) in [5.74, 6) is 0.512. The average Bonchev–Trinajstić information content (AvgIpc) is 3.22. The molecule has 1 aromatic carbocycles. The molecule has 0 aliphatic rings. The van der Waals surface area contributed by atoms with Crippen LogP contribution >= 0.6 is 23.2 Å². The summed E-state index contributed by atoms with van der Waals surface area (Å²) in [6.07, 6.45) is 2.22. The van der Waals surface area contributed by atoms with Gasteiger partial charge in [-0.1, -0.05) is 30.1 Å². The van der Waals surface area contributed by atoms with Gasteiger partial charge in [-0.3, -0.25) is 4.79 Å². The van der Waals surface area contributed by atoms with Gasteiger partial charge in [0.1, 0.15) is 5.76 Å². The molecule has 0 atom stereocenters. The van der Waals surface area contributed by atoms with Gasteiger partial charge >= 0.3 is 0 Å². The van der Waals surface area contributed by atoms with Crippen molar-refractivity contribution in [2.75, 3.05) is 0 Å². The maximum Gasteiger partial charge on any atom is 0.255 e. The fourth-order valence-electron chi connectivity index (χ4n) is 2.70. The topological polar surface area (TPSA) is 60.1 Å². The molecule has 2 heterocycles. The summed E-state index contributed by atoms with van der Waals surface area (Å²) >= 11 is 12.1. The van der Waals surface area contributed by atoms with Crippen LogP contribution in [-0.2, 0) is 13.0 Å². The standard InChI is InChI=1S/C18H17Cl2N3O2/c1-3-16-17(18(24)21-10-13-5-4-8-25-13)11(2)22-23(16)12-6-7-14(19)15(20)9-12/h4-9H,3,10H2,1-2H3,(H,21,24). The van der Waals surface area contributed by atoms with Crippen molar-refractivity contribution in [2.45, 2.75) is 26.8 Å². The second-order valence-electron chi connectivity index (χ2n) is 5.53. The second kappa shape index (κ2) is 7.33. The Balaban J connectivity index is 1.93. The minimum absolute atomic E-state index is 0.183. The number of halogens is 2. The van der Waals surface area contributed by atoms with E-state index in [4.69, 9.17) is 27.6 Å².